The van der Waals surface area contributed by atoms with Crippen LogP contribution in [0.2, 0.25) is 0 Å². The van der Waals surface area contributed by atoms with Crippen LogP contribution in [0.4, 0.5) is 17.1 Å². The molecular weight excluding hydrogens is 739 g/mol. The van der Waals surface area contributed by atoms with Gasteiger partial charge in [-0.3, -0.25) is 0 Å². The number of benzene rings is 10. The Morgan fingerprint density at radius 1 is 0.328 bits per heavy atom. The van der Waals surface area contributed by atoms with E-state index in [0.717, 1.165) is 55.5 Å². The van der Waals surface area contributed by atoms with E-state index >= 15 is 0 Å². The Morgan fingerprint density at radius 3 is 1.56 bits per heavy atom. The van der Waals surface area contributed by atoms with E-state index in [0.29, 0.717) is 0 Å². The lowest BCUT2D eigenvalue weighted by Crippen LogP contribution is -2.28. The minimum Gasteiger partial charge on any atom is -0.455 e. The molecule has 1 aliphatic rings. The molecule has 0 saturated carbocycles. The molecule has 1 heterocycles. The smallest absolute Gasteiger partial charge is 0.143 e. The van der Waals surface area contributed by atoms with Crippen LogP contribution < -0.4 is 4.90 Å². The van der Waals surface area contributed by atoms with Crippen molar-refractivity contribution >= 4 is 49.8 Å². The molecule has 2 nitrogen and oxygen atoms in total. The number of fused-ring (bicyclic) bond motifs is 7. The predicted molar refractivity (Wildman–Crippen MR) is 254 cm³/mol. The van der Waals surface area contributed by atoms with Crippen LogP contribution in [0.5, 0.6) is 0 Å². The molecule has 12 rings (SSSR count). The van der Waals surface area contributed by atoms with E-state index in [1.165, 1.54) is 49.9 Å². The molecule has 1 aliphatic carbocycles. The minimum absolute atomic E-state index is 0.533. The second-order valence-corrected chi connectivity index (χ2v) is 16.0. The van der Waals surface area contributed by atoms with Crippen molar-refractivity contribution in [1.29, 1.82) is 0 Å². The first-order chi connectivity index (χ1) is 30.2. The van der Waals surface area contributed by atoms with E-state index < -0.39 is 5.41 Å². The van der Waals surface area contributed by atoms with E-state index in [9.17, 15) is 0 Å². The zero-order chi connectivity index (χ0) is 40.3. The van der Waals surface area contributed by atoms with E-state index in [1.54, 1.807) is 0 Å². The lowest BCUT2D eigenvalue weighted by atomic mass is 9.67. The summed E-state index contributed by atoms with van der Waals surface area (Å²) in [7, 11) is 0. The highest BCUT2D eigenvalue weighted by atomic mass is 16.3. The van der Waals surface area contributed by atoms with Gasteiger partial charge in [-0.15, -0.1) is 0 Å². The Morgan fingerprint density at radius 2 is 0.869 bits per heavy atom. The standard InChI is InChI=1S/C59H39NO/c1-5-17-40(18-6-1)41-29-31-47(32-30-41)60(49-37-52(42-19-7-2-8-20-42)58-54(38-49)53-35-43-21-13-14-22-44(43)36-57(53)61-58)48-33-34-51-50-27-15-16-28-55(50)59(56(51)39-48,45-23-9-3-10-24-45)46-25-11-4-12-26-46/h1-39H. The maximum Gasteiger partial charge on any atom is 0.143 e. The molecule has 0 saturated heterocycles. The quantitative estimate of drug-likeness (QED) is 0.160. The average Bonchev–Trinajstić information content (AvgIpc) is 3.84. The summed E-state index contributed by atoms with van der Waals surface area (Å²) in [6.45, 7) is 0. The number of hydrogen-bond donors (Lipinski definition) is 0. The molecule has 61 heavy (non-hydrogen) atoms. The first-order valence-electron chi connectivity index (χ1n) is 21.0. The topological polar surface area (TPSA) is 16.4 Å². The molecule has 0 atom stereocenters. The van der Waals surface area contributed by atoms with E-state index in [-0.39, 0.29) is 0 Å². The molecule has 11 aromatic rings. The summed E-state index contributed by atoms with van der Waals surface area (Å²) in [5.74, 6) is 0. The van der Waals surface area contributed by atoms with Gasteiger partial charge in [-0.1, -0.05) is 188 Å². The monoisotopic (exact) mass is 777 g/mol. The van der Waals surface area contributed by atoms with Crippen molar-refractivity contribution in [3.63, 3.8) is 0 Å². The molecule has 0 aliphatic heterocycles. The maximum absolute atomic E-state index is 6.86. The fraction of sp³-hybridized carbons (Fsp3) is 0.0169. The van der Waals surface area contributed by atoms with Gasteiger partial charge in [0.25, 0.3) is 0 Å². The van der Waals surface area contributed by atoms with Gasteiger partial charge in [0.2, 0.25) is 0 Å². The third-order valence-corrected chi connectivity index (χ3v) is 12.7. The molecular formula is C59H39NO. The van der Waals surface area contributed by atoms with Gasteiger partial charge < -0.3 is 9.32 Å². The van der Waals surface area contributed by atoms with Gasteiger partial charge in [0.05, 0.1) is 5.41 Å². The van der Waals surface area contributed by atoms with Crippen LogP contribution in [0.25, 0.3) is 66.1 Å². The van der Waals surface area contributed by atoms with Crippen LogP contribution in [0, 0.1) is 0 Å². The van der Waals surface area contributed by atoms with Crippen molar-refractivity contribution in [2.24, 2.45) is 0 Å². The number of nitrogens with zero attached hydrogens (tertiary/aromatic N) is 1. The average molecular weight is 778 g/mol. The van der Waals surface area contributed by atoms with Gasteiger partial charge in [-0.25, -0.2) is 0 Å². The van der Waals surface area contributed by atoms with Crippen LogP contribution in [0.15, 0.2) is 241 Å². The van der Waals surface area contributed by atoms with Crippen molar-refractivity contribution in [2.45, 2.75) is 5.41 Å². The van der Waals surface area contributed by atoms with Crippen LogP contribution in [0.1, 0.15) is 22.3 Å². The number of rotatable bonds is 7. The van der Waals surface area contributed by atoms with Crippen LogP contribution in [-0.4, -0.2) is 0 Å². The molecule has 0 spiro atoms. The van der Waals surface area contributed by atoms with Gasteiger partial charge >= 0.3 is 0 Å². The molecule has 1 aromatic heterocycles. The zero-order valence-corrected chi connectivity index (χ0v) is 33.4. The Bertz CT molecular complexity index is 3350. The number of anilines is 3. The molecule has 0 amide bonds. The lowest BCUT2D eigenvalue weighted by molar-refractivity contribution is 0.670. The van der Waals surface area contributed by atoms with Crippen molar-refractivity contribution in [3.05, 3.63) is 259 Å². The largest absolute Gasteiger partial charge is 0.455 e. The Kier molecular flexibility index (Phi) is 8.11. The summed E-state index contributed by atoms with van der Waals surface area (Å²) in [5.41, 5.74) is 16.5. The second-order valence-electron chi connectivity index (χ2n) is 16.0. The first kappa shape index (κ1) is 35.0. The highest BCUT2D eigenvalue weighted by Gasteiger charge is 2.46. The van der Waals surface area contributed by atoms with Gasteiger partial charge in [-0.2, -0.15) is 0 Å². The highest BCUT2D eigenvalue weighted by molar-refractivity contribution is 6.15. The summed E-state index contributed by atoms with van der Waals surface area (Å²) in [5, 5.41) is 4.53. The Balaban J connectivity index is 1.15. The van der Waals surface area contributed by atoms with Crippen molar-refractivity contribution in [3.8, 4) is 33.4 Å². The molecule has 2 heteroatoms. The number of furan rings is 1. The summed E-state index contributed by atoms with van der Waals surface area (Å²) >= 11 is 0. The second kappa shape index (κ2) is 14.1. The molecule has 0 radical (unpaired) electrons. The van der Waals surface area contributed by atoms with E-state index in [2.05, 4.69) is 241 Å². The van der Waals surface area contributed by atoms with Crippen LogP contribution in [-0.2, 0) is 5.41 Å². The van der Waals surface area contributed by atoms with Gasteiger partial charge in [0.1, 0.15) is 11.2 Å². The molecule has 286 valence electrons. The Labute approximate surface area is 355 Å². The van der Waals surface area contributed by atoms with Crippen LogP contribution in [0.3, 0.4) is 0 Å². The minimum atomic E-state index is -0.533. The van der Waals surface area contributed by atoms with E-state index in [4.69, 9.17) is 4.42 Å². The lowest BCUT2D eigenvalue weighted by Gasteiger charge is -2.35. The summed E-state index contributed by atoms with van der Waals surface area (Å²) in [6.07, 6.45) is 0. The molecule has 0 fully saturated rings. The zero-order valence-electron chi connectivity index (χ0n) is 33.4. The van der Waals surface area contributed by atoms with Crippen LogP contribution >= 0.6 is 0 Å². The maximum atomic E-state index is 6.86. The van der Waals surface area contributed by atoms with Gasteiger partial charge in [-0.05, 0) is 109 Å². The highest BCUT2D eigenvalue weighted by Crippen LogP contribution is 2.57. The molecule has 0 unspecified atom stereocenters. The SMILES string of the molecule is c1ccc(-c2ccc(N(c3ccc4c(c3)C(c3ccccc3)(c3ccccc3)c3ccccc3-4)c3cc(-c4ccccc4)c4oc5cc6ccccc6cc5c4c3)cc2)cc1. The first-order valence-corrected chi connectivity index (χ1v) is 21.0. The van der Waals surface area contributed by atoms with E-state index in [1.807, 2.05) is 0 Å². The fourth-order valence-electron chi connectivity index (χ4n) is 9.96. The third-order valence-electron chi connectivity index (χ3n) is 12.7. The molecule has 0 bridgehead atoms. The third kappa shape index (κ3) is 5.57. The van der Waals surface area contributed by atoms with Crippen molar-refractivity contribution < 1.29 is 4.42 Å². The summed E-state index contributed by atoms with van der Waals surface area (Å²) < 4.78 is 6.86. The fourth-order valence-corrected chi connectivity index (χ4v) is 9.96. The van der Waals surface area contributed by atoms with Gasteiger partial charge in [0, 0.05) is 33.4 Å². The number of hydrogen-bond acceptors (Lipinski definition) is 2. The van der Waals surface area contributed by atoms with Gasteiger partial charge in [0.15, 0.2) is 0 Å². The summed E-state index contributed by atoms with van der Waals surface area (Å²) in [4.78, 5) is 2.44. The Hall–Kier alpha value is -7.94. The normalized spacial score (nSPS) is 12.7. The summed E-state index contributed by atoms with van der Waals surface area (Å²) in [6, 6.07) is 86.1. The molecule has 0 N–H and O–H groups in total. The van der Waals surface area contributed by atoms with Crippen molar-refractivity contribution in [2.75, 3.05) is 4.90 Å². The predicted octanol–water partition coefficient (Wildman–Crippen LogP) is 15.9. The van der Waals surface area contributed by atoms with Crippen molar-refractivity contribution in [1.82, 2.24) is 0 Å². The molecule has 10 aromatic carbocycles.